The number of hydrogen-bond acceptors (Lipinski definition) is 9. The van der Waals surface area contributed by atoms with Gasteiger partial charge in [-0.05, 0) is 43.2 Å². The molecule has 0 fully saturated rings. The Labute approximate surface area is 288 Å². The molecule has 2 rings (SSSR count). The molecule has 2 aromatic rings. The summed E-state index contributed by atoms with van der Waals surface area (Å²) in [7, 11) is 0. The fourth-order valence-corrected chi connectivity index (χ4v) is 5.15. The number of nitrogens with one attached hydrogen (secondary N) is 1. The zero-order valence-electron chi connectivity index (χ0n) is 29.1. The maximum absolute atomic E-state index is 14.5. The predicted octanol–water partition coefficient (Wildman–Crippen LogP) is 2.41. The summed E-state index contributed by atoms with van der Waals surface area (Å²) in [4.78, 5) is 82.5. The van der Waals surface area contributed by atoms with Crippen molar-refractivity contribution in [2.24, 2.45) is 29.0 Å². The van der Waals surface area contributed by atoms with Gasteiger partial charge in [-0.15, -0.1) is 0 Å². The Hall–Kier alpha value is -4.88. The summed E-state index contributed by atoms with van der Waals surface area (Å²) < 4.78 is 5.46. The van der Waals surface area contributed by atoms with Crippen LogP contribution in [0.2, 0.25) is 0 Å². The van der Waals surface area contributed by atoms with Crippen LogP contribution in [0.4, 0.5) is 4.79 Å². The zero-order chi connectivity index (χ0) is 36.8. The van der Waals surface area contributed by atoms with Crippen LogP contribution in [0.15, 0.2) is 72.8 Å². The minimum Gasteiger partial charge on any atom is -0.444 e. The minimum absolute atomic E-state index is 0.227. The quantitative estimate of drug-likeness (QED) is 0.192. The third-order valence-electron chi connectivity index (χ3n) is 7.64. The minimum atomic E-state index is -1.61. The normalized spacial score (nSPS) is 14.4. The van der Waals surface area contributed by atoms with E-state index in [0.29, 0.717) is 16.9 Å². The van der Waals surface area contributed by atoms with E-state index in [1.807, 2.05) is 30.3 Å². The van der Waals surface area contributed by atoms with E-state index in [0.717, 1.165) is 10.5 Å². The van der Waals surface area contributed by atoms with Gasteiger partial charge in [0, 0.05) is 12.5 Å². The van der Waals surface area contributed by atoms with Gasteiger partial charge in [0.25, 0.3) is 11.8 Å². The van der Waals surface area contributed by atoms with Crippen molar-refractivity contribution in [1.29, 1.82) is 0 Å². The lowest BCUT2D eigenvalue weighted by Crippen LogP contribution is -2.63. The molecular weight excluding hydrogens is 628 g/mol. The van der Waals surface area contributed by atoms with Crippen molar-refractivity contribution < 1.29 is 33.5 Å². The molecule has 0 spiro atoms. The number of primary amides is 1. The first kappa shape index (κ1) is 40.3. The molecule has 0 aliphatic heterocycles. The SMILES string of the molecule is CC(N)C(=O)NC(C)C(=O)N(C(=O)C/C=C/[C@@H](N)Cc1ccccc1)C(C(=O)N(C(=O)OCc1ccccc1)C(C(N)=O)C(C)C)C(C)C. The molecule has 13 nitrogen and oxygen atoms in total. The maximum Gasteiger partial charge on any atom is 0.417 e. The molecule has 0 heterocycles. The fraction of sp³-hybridized carbons (Fsp3) is 0.444. The second kappa shape index (κ2) is 19.2. The molecule has 0 aliphatic rings. The lowest BCUT2D eigenvalue weighted by atomic mass is 9.96. The van der Waals surface area contributed by atoms with Gasteiger partial charge in [0.15, 0.2) is 0 Å². The monoisotopic (exact) mass is 678 g/mol. The number of nitrogens with two attached hydrogens (primary N) is 3. The van der Waals surface area contributed by atoms with Crippen LogP contribution in [0.5, 0.6) is 0 Å². The highest BCUT2D eigenvalue weighted by molar-refractivity contribution is 6.07. The van der Waals surface area contributed by atoms with Crippen LogP contribution >= 0.6 is 0 Å². The largest absolute Gasteiger partial charge is 0.444 e. The molecule has 13 heteroatoms. The molecule has 5 atom stereocenters. The average Bonchev–Trinajstić information content (AvgIpc) is 3.04. The fourth-order valence-electron chi connectivity index (χ4n) is 5.15. The summed E-state index contributed by atoms with van der Waals surface area (Å²) in [6.45, 7) is 8.89. The van der Waals surface area contributed by atoms with Crippen LogP contribution in [-0.2, 0) is 41.7 Å². The molecule has 0 saturated heterocycles. The first-order chi connectivity index (χ1) is 23.1. The smallest absolute Gasteiger partial charge is 0.417 e. The summed E-state index contributed by atoms with van der Waals surface area (Å²) in [5.41, 5.74) is 19.2. The molecule has 4 unspecified atom stereocenters. The number of ether oxygens (including phenoxy) is 1. The van der Waals surface area contributed by atoms with Crippen LogP contribution in [-0.4, -0.2) is 75.6 Å². The van der Waals surface area contributed by atoms with Crippen molar-refractivity contribution in [1.82, 2.24) is 15.1 Å². The lowest BCUT2D eigenvalue weighted by molar-refractivity contribution is -0.159. The summed E-state index contributed by atoms with van der Waals surface area (Å²) in [5, 5.41) is 2.46. The zero-order valence-corrected chi connectivity index (χ0v) is 29.1. The van der Waals surface area contributed by atoms with Crippen LogP contribution in [0.25, 0.3) is 0 Å². The Morgan fingerprint density at radius 3 is 1.78 bits per heavy atom. The van der Waals surface area contributed by atoms with Crippen molar-refractivity contribution >= 4 is 35.6 Å². The summed E-state index contributed by atoms with van der Waals surface area (Å²) in [5.74, 6) is -5.86. The van der Waals surface area contributed by atoms with Gasteiger partial charge in [0.2, 0.25) is 17.7 Å². The lowest BCUT2D eigenvalue weighted by Gasteiger charge is -2.38. The van der Waals surface area contributed by atoms with E-state index in [4.69, 9.17) is 21.9 Å². The number of rotatable bonds is 16. The molecule has 7 N–H and O–H groups in total. The molecule has 0 radical (unpaired) electrons. The van der Waals surface area contributed by atoms with Gasteiger partial charge in [-0.3, -0.25) is 28.9 Å². The highest BCUT2D eigenvalue weighted by Crippen LogP contribution is 2.23. The standard InChI is InChI=1S/C36H50N6O7/c1-22(2)30(32(39)44)42(36(48)49-21-27-16-11-8-12-17-27)35(47)31(23(3)4)41(34(46)25(6)40-33(45)24(5)37)29(43)19-13-18-28(38)20-26-14-9-7-10-15-26/h7-18,22-25,28,30-31H,19-21,37-38H2,1-6H3,(H2,39,44)(H,40,45)/b18-13+/t24?,25?,28-,30?,31?/m1/s1. The molecule has 266 valence electrons. The highest BCUT2D eigenvalue weighted by Gasteiger charge is 2.46. The number of carbonyl (C=O) groups excluding carboxylic acids is 6. The van der Waals surface area contributed by atoms with E-state index in [1.165, 1.54) is 19.9 Å². The second-order valence-electron chi connectivity index (χ2n) is 12.6. The Morgan fingerprint density at radius 1 is 0.755 bits per heavy atom. The maximum atomic E-state index is 14.5. The van der Waals surface area contributed by atoms with Crippen molar-refractivity contribution in [2.45, 2.75) is 91.2 Å². The van der Waals surface area contributed by atoms with Crippen molar-refractivity contribution in [3.63, 3.8) is 0 Å². The molecule has 0 bridgehead atoms. The van der Waals surface area contributed by atoms with E-state index < -0.39 is 77.7 Å². The number of amides is 6. The number of hydrogen-bond donors (Lipinski definition) is 4. The van der Waals surface area contributed by atoms with Gasteiger partial charge in [0.05, 0.1) is 6.04 Å². The molecular formula is C36H50N6O7. The topological polar surface area (TPSA) is 208 Å². The Morgan fingerprint density at radius 2 is 1.29 bits per heavy atom. The van der Waals surface area contributed by atoms with E-state index in [-0.39, 0.29) is 13.0 Å². The van der Waals surface area contributed by atoms with Gasteiger partial charge in [-0.2, -0.15) is 0 Å². The van der Waals surface area contributed by atoms with Crippen molar-refractivity contribution in [3.8, 4) is 0 Å². The van der Waals surface area contributed by atoms with E-state index in [9.17, 15) is 28.8 Å². The van der Waals surface area contributed by atoms with Crippen LogP contribution in [0.3, 0.4) is 0 Å². The van der Waals surface area contributed by atoms with Crippen LogP contribution < -0.4 is 22.5 Å². The third-order valence-corrected chi connectivity index (χ3v) is 7.64. The van der Waals surface area contributed by atoms with Crippen LogP contribution in [0, 0.1) is 11.8 Å². The van der Waals surface area contributed by atoms with E-state index in [1.54, 1.807) is 64.1 Å². The second-order valence-corrected chi connectivity index (χ2v) is 12.6. The summed E-state index contributed by atoms with van der Waals surface area (Å²) >= 11 is 0. The summed E-state index contributed by atoms with van der Waals surface area (Å²) in [6.07, 6.45) is 2.08. The average molecular weight is 679 g/mol. The molecule has 0 aliphatic carbocycles. The van der Waals surface area contributed by atoms with Gasteiger partial charge in [-0.25, -0.2) is 9.69 Å². The summed E-state index contributed by atoms with van der Waals surface area (Å²) in [6, 6.07) is 12.4. The first-order valence-electron chi connectivity index (χ1n) is 16.3. The Kier molecular flexibility index (Phi) is 15.8. The molecule has 2 aromatic carbocycles. The molecule has 49 heavy (non-hydrogen) atoms. The van der Waals surface area contributed by atoms with Crippen molar-refractivity contribution in [3.05, 3.63) is 83.9 Å². The van der Waals surface area contributed by atoms with E-state index >= 15 is 0 Å². The highest BCUT2D eigenvalue weighted by atomic mass is 16.6. The van der Waals surface area contributed by atoms with Gasteiger partial charge in [-0.1, -0.05) is 101 Å². The Balaban J connectivity index is 2.54. The third kappa shape index (κ3) is 11.9. The molecule has 6 amide bonds. The predicted molar refractivity (Wildman–Crippen MR) is 185 cm³/mol. The number of benzene rings is 2. The Bertz CT molecular complexity index is 1460. The van der Waals surface area contributed by atoms with Gasteiger partial charge in [0.1, 0.15) is 24.7 Å². The van der Waals surface area contributed by atoms with Crippen molar-refractivity contribution in [2.75, 3.05) is 0 Å². The van der Waals surface area contributed by atoms with Crippen LogP contribution in [0.1, 0.15) is 59.1 Å². The molecule has 0 saturated carbocycles. The number of nitrogens with zero attached hydrogens (tertiary/aromatic N) is 2. The molecule has 0 aromatic heterocycles. The van der Waals surface area contributed by atoms with E-state index in [2.05, 4.69) is 5.32 Å². The first-order valence-corrected chi connectivity index (χ1v) is 16.3. The number of carbonyl (C=O) groups is 6. The number of imide groups is 2. The van der Waals surface area contributed by atoms with Gasteiger partial charge < -0.3 is 27.3 Å². The van der Waals surface area contributed by atoms with Gasteiger partial charge >= 0.3 is 6.09 Å².